The van der Waals surface area contributed by atoms with Gasteiger partial charge in [-0.2, -0.15) is 0 Å². The molecule has 0 radical (unpaired) electrons. The average molecular weight is 729 g/mol. The number of nitrogens with zero attached hydrogens (tertiary/aromatic N) is 4. The molecule has 2 aliphatic rings. The molecule has 4 heterocycles. The molecule has 12 rings (SSSR count). The molecule has 1 spiro atoms. The molecule has 0 bridgehead atoms. The van der Waals surface area contributed by atoms with Gasteiger partial charge in [0.25, 0.3) is 0 Å². The van der Waals surface area contributed by atoms with Crippen molar-refractivity contribution < 1.29 is 4.74 Å². The smallest absolute Gasteiger partial charge is 0.164 e. The van der Waals surface area contributed by atoms with Crippen LogP contribution in [0, 0.1) is 0 Å². The lowest BCUT2D eigenvalue weighted by Crippen LogP contribution is -2.37. The summed E-state index contributed by atoms with van der Waals surface area (Å²) in [6.07, 6.45) is 0. The summed E-state index contributed by atoms with van der Waals surface area (Å²) >= 11 is 0. The van der Waals surface area contributed by atoms with Crippen molar-refractivity contribution in [2.45, 2.75) is 5.41 Å². The zero-order chi connectivity index (χ0) is 37.5. The molecule has 10 aromatic rings. The summed E-state index contributed by atoms with van der Waals surface area (Å²) in [5, 5.41) is 2.46. The SMILES string of the molecule is c1ccc(-c2ccc(-c3nc(-c4ccccc4)nc(-c4ccc5c(c4)C4(c6ccccc6O5)c5ccccc5-n5c6ccccc6c6cccc4c65)n3)cc2)cc1. The van der Waals surface area contributed by atoms with Gasteiger partial charge in [-0.25, -0.2) is 15.0 Å². The zero-order valence-electron chi connectivity index (χ0n) is 30.7. The van der Waals surface area contributed by atoms with Crippen LogP contribution in [0.5, 0.6) is 11.5 Å². The molecule has 1 unspecified atom stereocenters. The Bertz CT molecular complexity index is 3210. The Kier molecular flexibility index (Phi) is 6.78. The number of fused-ring (bicyclic) bond motifs is 11. The van der Waals surface area contributed by atoms with E-state index in [0.29, 0.717) is 17.5 Å². The van der Waals surface area contributed by atoms with Crippen LogP contribution in [0.15, 0.2) is 194 Å². The molecule has 5 heteroatoms. The lowest BCUT2D eigenvalue weighted by Gasteiger charge is -2.45. The maximum absolute atomic E-state index is 6.83. The number of para-hydroxylation sites is 4. The Morgan fingerprint density at radius 2 is 0.895 bits per heavy atom. The van der Waals surface area contributed by atoms with Crippen LogP contribution >= 0.6 is 0 Å². The third kappa shape index (κ3) is 4.60. The van der Waals surface area contributed by atoms with Crippen molar-refractivity contribution in [3.8, 4) is 62.5 Å². The first-order chi connectivity index (χ1) is 28.3. The van der Waals surface area contributed by atoms with Gasteiger partial charge in [0, 0.05) is 38.6 Å². The molecule has 2 aromatic heterocycles. The highest BCUT2D eigenvalue weighted by Gasteiger charge is 2.50. The third-order valence-electron chi connectivity index (χ3n) is 11.7. The summed E-state index contributed by atoms with van der Waals surface area (Å²) < 4.78 is 9.28. The Morgan fingerprint density at radius 1 is 0.368 bits per heavy atom. The van der Waals surface area contributed by atoms with E-state index in [0.717, 1.165) is 56.1 Å². The van der Waals surface area contributed by atoms with Crippen molar-refractivity contribution >= 4 is 21.8 Å². The second-order valence-electron chi connectivity index (χ2n) is 14.7. The summed E-state index contributed by atoms with van der Waals surface area (Å²) in [4.78, 5) is 15.4. The highest BCUT2D eigenvalue weighted by molar-refractivity contribution is 6.12. The molecule has 5 nitrogen and oxygen atoms in total. The van der Waals surface area contributed by atoms with E-state index in [-0.39, 0.29) is 0 Å². The van der Waals surface area contributed by atoms with E-state index >= 15 is 0 Å². The number of rotatable bonds is 4. The van der Waals surface area contributed by atoms with Gasteiger partial charge in [0.15, 0.2) is 17.5 Å². The van der Waals surface area contributed by atoms with Gasteiger partial charge in [-0.3, -0.25) is 0 Å². The minimum Gasteiger partial charge on any atom is -0.457 e. The number of ether oxygens (including phenoxy) is 1. The fraction of sp³-hybridized carbons (Fsp3) is 0.0192. The normalized spacial score (nSPS) is 14.9. The van der Waals surface area contributed by atoms with Crippen molar-refractivity contribution in [3.05, 3.63) is 216 Å². The molecule has 266 valence electrons. The van der Waals surface area contributed by atoms with Gasteiger partial charge < -0.3 is 9.30 Å². The van der Waals surface area contributed by atoms with Crippen molar-refractivity contribution in [2.75, 3.05) is 0 Å². The summed E-state index contributed by atoms with van der Waals surface area (Å²) in [5.41, 5.74) is 12.4. The van der Waals surface area contributed by atoms with E-state index in [1.165, 1.54) is 32.9 Å². The van der Waals surface area contributed by atoms with Crippen LogP contribution in [0.2, 0.25) is 0 Å². The van der Waals surface area contributed by atoms with Gasteiger partial charge in [0.2, 0.25) is 0 Å². The Morgan fingerprint density at radius 3 is 1.68 bits per heavy atom. The zero-order valence-corrected chi connectivity index (χ0v) is 30.7. The lowest BCUT2D eigenvalue weighted by molar-refractivity contribution is 0.434. The molecular formula is C52H32N4O. The third-order valence-corrected chi connectivity index (χ3v) is 11.7. The Hall–Kier alpha value is -7.63. The van der Waals surface area contributed by atoms with Crippen LogP contribution in [0.25, 0.3) is 72.8 Å². The standard InChI is InChI=1S/C52H32N4O/c1-3-14-33(15-4-1)34-26-28-36(29-27-34)50-53-49(35-16-5-2-6-17-35)54-51(55-50)37-30-31-47-43(32-37)52(41-21-9-12-25-46(41)57-47)40-20-8-11-24-45(40)56-44-23-10-7-18-38(44)39-19-13-22-42(52)48(39)56/h1-32H. The number of benzene rings is 8. The summed E-state index contributed by atoms with van der Waals surface area (Å²) in [6.45, 7) is 0. The predicted molar refractivity (Wildman–Crippen MR) is 228 cm³/mol. The Labute approximate surface area is 329 Å². The largest absolute Gasteiger partial charge is 0.457 e. The van der Waals surface area contributed by atoms with Crippen molar-refractivity contribution in [1.29, 1.82) is 0 Å². The van der Waals surface area contributed by atoms with Gasteiger partial charge >= 0.3 is 0 Å². The van der Waals surface area contributed by atoms with Gasteiger partial charge in [-0.1, -0.05) is 158 Å². The molecular weight excluding hydrogens is 697 g/mol. The van der Waals surface area contributed by atoms with E-state index < -0.39 is 5.41 Å². The van der Waals surface area contributed by atoms with E-state index in [1.807, 2.05) is 36.4 Å². The van der Waals surface area contributed by atoms with E-state index in [4.69, 9.17) is 19.7 Å². The van der Waals surface area contributed by atoms with Gasteiger partial charge in [0.1, 0.15) is 11.5 Å². The highest BCUT2D eigenvalue weighted by atomic mass is 16.5. The van der Waals surface area contributed by atoms with Crippen molar-refractivity contribution in [2.24, 2.45) is 0 Å². The molecule has 0 amide bonds. The lowest BCUT2D eigenvalue weighted by atomic mass is 9.61. The van der Waals surface area contributed by atoms with Crippen LogP contribution in [0.3, 0.4) is 0 Å². The van der Waals surface area contributed by atoms with Gasteiger partial charge in [0.05, 0.1) is 22.1 Å². The van der Waals surface area contributed by atoms with Crippen LogP contribution in [0.1, 0.15) is 22.3 Å². The number of hydrogen-bond acceptors (Lipinski definition) is 4. The first kappa shape index (κ1) is 31.7. The van der Waals surface area contributed by atoms with Gasteiger partial charge in [-0.05, 0) is 58.7 Å². The monoisotopic (exact) mass is 728 g/mol. The quantitative estimate of drug-likeness (QED) is 0.181. The van der Waals surface area contributed by atoms with E-state index in [1.54, 1.807) is 0 Å². The Balaban J connectivity index is 1.12. The maximum atomic E-state index is 6.83. The molecule has 0 aliphatic carbocycles. The van der Waals surface area contributed by atoms with Crippen LogP contribution in [-0.4, -0.2) is 19.5 Å². The highest BCUT2D eigenvalue weighted by Crippen LogP contribution is 2.60. The molecule has 57 heavy (non-hydrogen) atoms. The minimum atomic E-state index is -0.702. The summed E-state index contributed by atoms with van der Waals surface area (Å²) in [5.74, 6) is 3.49. The maximum Gasteiger partial charge on any atom is 0.164 e. The first-order valence-electron chi connectivity index (χ1n) is 19.3. The molecule has 0 fully saturated rings. The van der Waals surface area contributed by atoms with Crippen LogP contribution < -0.4 is 4.74 Å². The van der Waals surface area contributed by atoms with Crippen molar-refractivity contribution in [1.82, 2.24) is 19.5 Å². The topological polar surface area (TPSA) is 52.8 Å². The predicted octanol–water partition coefficient (Wildman–Crippen LogP) is 12.4. The van der Waals surface area contributed by atoms with E-state index in [9.17, 15) is 0 Å². The molecule has 0 saturated carbocycles. The molecule has 2 aliphatic heterocycles. The van der Waals surface area contributed by atoms with Crippen molar-refractivity contribution in [3.63, 3.8) is 0 Å². The fourth-order valence-corrected chi connectivity index (χ4v) is 9.26. The molecule has 0 N–H and O–H groups in total. The summed E-state index contributed by atoms with van der Waals surface area (Å²) in [6, 6.07) is 68.3. The second kappa shape index (κ2) is 12.2. The fourth-order valence-electron chi connectivity index (χ4n) is 9.26. The van der Waals surface area contributed by atoms with Crippen LogP contribution in [-0.2, 0) is 5.41 Å². The number of aromatic nitrogens is 4. The molecule has 0 saturated heterocycles. The van der Waals surface area contributed by atoms with Gasteiger partial charge in [-0.15, -0.1) is 0 Å². The number of hydrogen-bond donors (Lipinski definition) is 0. The average Bonchev–Trinajstić information content (AvgIpc) is 3.63. The first-order valence-corrected chi connectivity index (χ1v) is 19.3. The van der Waals surface area contributed by atoms with Crippen LogP contribution in [0.4, 0.5) is 0 Å². The molecule has 8 aromatic carbocycles. The minimum absolute atomic E-state index is 0.596. The van der Waals surface area contributed by atoms with E-state index in [2.05, 4.69) is 162 Å². The molecule has 1 atom stereocenters. The second-order valence-corrected chi connectivity index (χ2v) is 14.7. The summed E-state index contributed by atoms with van der Waals surface area (Å²) in [7, 11) is 0.